The second kappa shape index (κ2) is 7.31. The Labute approximate surface area is 117 Å². The van der Waals surface area contributed by atoms with Crippen molar-refractivity contribution in [3.63, 3.8) is 0 Å². The summed E-state index contributed by atoms with van der Waals surface area (Å²) in [5.74, 6) is 0.642. The highest BCUT2D eigenvalue weighted by molar-refractivity contribution is 5.25. The lowest BCUT2D eigenvalue weighted by Crippen LogP contribution is -2.29. The molecule has 19 heavy (non-hydrogen) atoms. The maximum atomic E-state index is 8.93. The highest BCUT2D eigenvalue weighted by atomic mass is 14.9. The lowest BCUT2D eigenvalue weighted by Gasteiger charge is -2.16. The highest BCUT2D eigenvalue weighted by Crippen LogP contribution is 2.18. The molecule has 0 aliphatic carbocycles. The summed E-state index contributed by atoms with van der Waals surface area (Å²) in [5.41, 5.74) is 2.50. The fourth-order valence-corrected chi connectivity index (χ4v) is 1.92. The highest BCUT2D eigenvalue weighted by Gasteiger charge is 2.15. The Morgan fingerprint density at radius 3 is 2.42 bits per heavy atom. The van der Waals surface area contributed by atoms with Crippen molar-refractivity contribution in [1.82, 2.24) is 5.32 Å². The van der Waals surface area contributed by atoms with Crippen molar-refractivity contribution in [3.05, 3.63) is 35.4 Å². The zero-order chi connectivity index (χ0) is 14.3. The summed E-state index contributed by atoms with van der Waals surface area (Å²) in [5, 5.41) is 12.3. The van der Waals surface area contributed by atoms with Gasteiger partial charge in [-0.2, -0.15) is 5.26 Å². The van der Waals surface area contributed by atoms with Crippen molar-refractivity contribution in [2.45, 2.75) is 46.5 Å². The smallest absolute Gasteiger partial charge is 0.0697 e. The summed E-state index contributed by atoms with van der Waals surface area (Å²) in [4.78, 5) is 0. The van der Waals surface area contributed by atoms with Crippen LogP contribution in [0.4, 0.5) is 0 Å². The van der Waals surface area contributed by atoms with Crippen LogP contribution < -0.4 is 5.32 Å². The average molecular weight is 258 g/mol. The van der Waals surface area contributed by atoms with Gasteiger partial charge in [-0.15, -0.1) is 0 Å². The summed E-state index contributed by atoms with van der Waals surface area (Å²) in [6.45, 7) is 10.1. The first-order chi connectivity index (χ1) is 8.98. The fraction of sp³-hybridized carbons (Fsp3) is 0.588. The van der Waals surface area contributed by atoms with Gasteiger partial charge >= 0.3 is 0 Å². The number of benzene rings is 1. The summed E-state index contributed by atoms with van der Waals surface area (Å²) < 4.78 is 0. The van der Waals surface area contributed by atoms with Crippen LogP contribution >= 0.6 is 0 Å². The van der Waals surface area contributed by atoms with Crippen LogP contribution in [-0.2, 0) is 6.42 Å². The van der Waals surface area contributed by atoms with Crippen LogP contribution in [0.25, 0.3) is 0 Å². The first kappa shape index (κ1) is 15.7. The minimum Gasteiger partial charge on any atom is -0.315 e. The summed E-state index contributed by atoms with van der Waals surface area (Å²) >= 11 is 0. The first-order valence-corrected chi connectivity index (χ1v) is 7.19. The molecule has 104 valence electrons. The molecule has 1 N–H and O–H groups in total. The monoisotopic (exact) mass is 258 g/mol. The molecule has 0 heterocycles. The molecule has 1 atom stereocenters. The normalized spacial score (nSPS) is 13.0. The molecule has 0 amide bonds. The molecular weight excluding hydrogens is 232 g/mol. The third-order valence-corrected chi connectivity index (χ3v) is 3.62. The van der Waals surface area contributed by atoms with Crippen LogP contribution in [0, 0.1) is 16.7 Å². The van der Waals surface area contributed by atoms with Gasteiger partial charge in [0.15, 0.2) is 0 Å². The second-order valence-corrected chi connectivity index (χ2v) is 5.97. The van der Waals surface area contributed by atoms with Gasteiger partial charge < -0.3 is 5.32 Å². The molecule has 1 unspecified atom stereocenters. The molecule has 1 aromatic carbocycles. The summed E-state index contributed by atoms with van der Waals surface area (Å²) in [7, 11) is 0. The fourth-order valence-electron chi connectivity index (χ4n) is 1.92. The number of nitriles is 1. The number of hydrogen-bond acceptors (Lipinski definition) is 2. The Hall–Kier alpha value is -1.33. The van der Waals surface area contributed by atoms with E-state index >= 15 is 0 Å². The van der Waals surface area contributed by atoms with E-state index in [0.717, 1.165) is 19.5 Å². The van der Waals surface area contributed by atoms with Crippen molar-refractivity contribution in [1.29, 1.82) is 5.26 Å². The predicted molar refractivity (Wildman–Crippen MR) is 81.1 cm³/mol. The van der Waals surface area contributed by atoms with Crippen LogP contribution in [0.5, 0.6) is 0 Å². The van der Waals surface area contributed by atoms with Crippen LogP contribution in [-0.4, -0.2) is 13.1 Å². The van der Waals surface area contributed by atoms with E-state index in [4.69, 9.17) is 5.26 Å². The van der Waals surface area contributed by atoms with E-state index in [1.165, 1.54) is 17.5 Å². The average Bonchev–Trinajstić information content (AvgIpc) is 2.43. The van der Waals surface area contributed by atoms with Gasteiger partial charge in [0.1, 0.15) is 0 Å². The van der Waals surface area contributed by atoms with Gasteiger partial charge in [0.2, 0.25) is 0 Å². The molecule has 1 aromatic rings. The lowest BCUT2D eigenvalue weighted by atomic mass is 9.95. The van der Waals surface area contributed by atoms with Gasteiger partial charge in [-0.25, -0.2) is 0 Å². The van der Waals surface area contributed by atoms with Crippen LogP contribution in [0.15, 0.2) is 24.3 Å². The lowest BCUT2D eigenvalue weighted by molar-refractivity contribution is 0.447. The van der Waals surface area contributed by atoms with E-state index in [1.54, 1.807) is 0 Å². The molecular formula is C17H26N2. The molecule has 0 aliphatic heterocycles. The van der Waals surface area contributed by atoms with Crippen LogP contribution in [0.1, 0.15) is 51.2 Å². The van der Waals surface area contributed by atoms with Crippen molar-refractivity contribution in [2.75, 3.05) is 13.1 Å². The SMILES string of the molecule is CCC(C)c1ccc(CCNCC(C)(C)C#N)cc1. The first-order valence-electron chi connectivity index (χ1n) is 7.19. The van der Waals surface area contributed by atoms with Gasteiger partial charge in [0.25, 0.3) is 0 Å². The van der Waals surface area contributed by atoms with E-state index in [9.17, 15) is 0 Å². The Bertz CT molecular complexity index is 412. The van der Waals surface area contributed by atoms with Gasteiger partial charge in [-0.05, 0) is 50.3 Å². The minimum absolute atomic E-state index is 0.277. The molecule has 1 rings (SSSR count). The van der Waals surface area contributed by atoms with E-state index in [0.29, 0.717) is 5.92 Å². The van der Waals surface area contributed by atoms with E-state index < -0.39 is 0 Å². The molecule has 0 aromatic heterocycles. The quantitative estimate of drug-likeness (QED) is 0.753. The number of hydrogen-bond donors (Lipinski definition) is 1. The molecule has 0 fully saturated rings. The van der Waals surface area contributed by atoms with Crippen molar-refractivity contribution in [3.8, 4) is 6.07 Å². The van der Waals surface area contributed by atoms with Crippen molar-refractivity contribution >= 4 is 0 Å². The van der Waals surface area contributed by atoms with Gasteiger partial charge in [-0.1, -0.05) is 38.1 Å². The Morgan fingerprint density at radius 2 is 1.89 bits per heavy atom. The zero-order valence-electron chi connectivity index (χ0n) is 12.7. The van der Waals surface area contributed by atoms with Crippen LogP contribution in [0.3, 0.4) is 0 Å². The van der Waals surface area contributed by atoms with Gasteiger partial charge in [-0.3, -0.25) is 0 Å². The standard InChI is InChI=1S/C17H26N2/c1-5-14(2)16-8-6-15(7-9-16)10-11-19-13-17(3,4)12-18/h6-9,14,19H,5,10-11,13H2,1-4H3. The predicted octanol–water partition coefficient (Wildman–Crippen LogP) is 3.88. The molecule has 0 spiro atoms. The van der Waals surface area contributed by atoms with Crippen molar-refractivity contribution in [2.24, 2.45) is 5.41 Å². The Kier molecular flexibility index (Phi) is 6.05. The van der Waals surface area contributed by atoms with E-state index in [-0.39, 0.29) is 5.41 Å². The zero-order valence-corrected chi connectivity index (χ0v) is 12.7. The number of nitrogens with zero attached hydrogens (tertiary/aromatic N) is 1. The maximum absolute atomic E-state index is 8.93. The molecule has 0 radical (unpaired) electrons. The number of rotatable bonds is 7. The largest absolute Gasteiger partial charge is 0.315 e. The van der Waals surface area contributed by atoms with Crippen molar-refractivity contribution < 1.29 is 0 Å². The topological polar surface area (TPSA) is 35.8 Å². The van der Waals surface area contributed by atoms with Gasteiger partial charge in [0.05, 0.1) is 11.5 Å². The van der Waals surface area contributed by atoms with E-state index in [2.05, 4.69) is 49.5 Å². The Morgan fingerprint density at radius 1 is 1.26 bits per heavy atom. The maximum Gasteiger partial charge on any atom is 0.0697 e. The number of nitrogens with one attached hydrogen (secondary N) is 1. The molecule has 2 heteroatoms. The molecule has 0 aliphatic rings. The third kappa shape index (κ3) is 5.44. The van der Waals surface area contributed by atoms with E-state index in [1.807, 2.05) is 13.8 Å². The molecule has 2 nitrogen and oxygen atoms in total. The molecule has 0 bridgehead atoms. The Balaban J connectivity index is 2.37. The third-order valence-electron chi connectivity index (χ3n) is 3.62. The molecule has 0 saturated heterocycles. The second-order valence-electron chi connectivity index (χ2n) is 5.97. The van der Waals surface area contributed by atoms with Crippen LogP contribution in [0.2, 0.25) is 0 Å². The summed E-state index contributed by atoms with van der Waals surface area (Å²) in [6, 6.07) is 11.2. The van der Waals surface area contributed by atoms with Gasteiger partial charge in [0, 0.05) is 6.54 Å². The summed E-state index contributed by atoms with van der Waals surface area (Å²) in [6.07, 6.45) is 2.20. The molecule has 0 saturated carbocycles. The minimum atomic E-state index is -0.277.